The average molecular weight is 511 g/mol. The van der Waals surface area contributed by atoms with Crippen molar-refractivity contribution in [3.05, 3.63) is 23.5 Å². The molecule has 1 aliphatic heterocycles. The third-order valence-electron chi connectivity index (χ3n) is 11.9. The van der Waals surface area contributed by atoms with E-state index >= 15 is 0 Å². The maximum atomic E-state index is 12.6. The SMILES string of the molecule is CC(C)CCCC(C)C1CCC2C3CC=C4CC(OC(=O)CCC5=CNCN5)CCC4(C)C3CCC12C. The number of nitrogens with one attached hydrogen (secondary N) is 2. The van der Waals surface area contributed by atoms with Gasteiger partial charge in [-0.2, -0.15) is 0 Å². The Morgan fingerprint density at radius 3 is 2.68 bits per heavy atom. The van der Waals surface area contributed by atoms with Gasteiger partial charge in [0, 0.05) is 18.3 Å². The van der Waals surface area contributed by atoms with Gasteiger partial charge in [-0.15, -0.1) is 0 Å². The number of esters is 1. The maximum absolute atomic E-state index is 12.6. The van der Waals surface area contributed by atoms with Crippen molar-refractivity contribution in [3.8, 4) is 0 Å². The second kappa shape index (κ2) is 11.0. The monoisotopic (exact) mass is 510 g/mol. The molecule has 3 fully saturated rings. The van der Waals surface area contributed by atoms with E-state index in [0.717, 1.165) is 67.1 Å². The van der Waals surface area contributed by atoms with Crippen LogP contribution >= 0.6 is 0 Å². The van der Waals surface area contributed by atoms with E-state index in [9.17, 15) is 4.79 Å². The molecule has 0 amide bonds. The number of hydrogen-bond acceptors (Lipinski definition) is 4. The number of carbonyl (C=O) groups is 1. The molecule has 4 nitrogen and oxygen atoms in total. The molecule has 4 heteroatoms. The van der Waals surface area contributed by atoms with Crippen LogP contribution in [0.25, 0.3) is 0 Å². The van der Waals surface area contributed by atoms with Crippen LogP contribution < -0.4 is 10.6 Å². The Morgan fingerprint density at radius 1 is 1.08 bits per heavy atom. The first kappa shape index (κ1) is 27.1. The Morgan fingerprint density at radius 2 is 1.92 bits per heavy atom. The van der Waals surface area contributed by atoms with Crippen LogP contribution in [0, 0.1) is 46.3 Å². The van der Waals surface area contributed by atoms with Crippen LogP contribution in [0.1, 0.15) is 118 Å². The van der Waals surface area contributed by atoms with Crippen molar-refractivity contribution < 1.29 is 9.53 Å². The lowest BCUT2D eigenvalue weighted by Gasteiger charge is -2.58. The van der Waals surface area contributed by atoms with E-state index in [0.29, 0.717) is 17.3 Å². The van der Waals surface area contributed by atoms with E-state index in [-0.39, 0.29) is 12.1 Å². The first-order chi connectivity index (χ1) is 17.7. The Labute approximate surface area is 226 Å². The molecule has 2 N–H and O–H groups in total. The molecule has 0 saturated heterocycles. The minimum atomic E-state index is -0.0366. The van der Waals surface area contributed by atoms with Gasteiger partial charge in [0.1, 0.15) is 6.10 Å². The molecule has 1 heterocycles. The minimum absolute atomic E-state index is 0.0366. The minimum Gasteiger partial charge on any atom is -0.462 e. The number of hydrogen-bond donors (Lipinski definition) is 2. The lowest BCUT2D eigenvalue weighted by molar-refractivity contribution is -0.151. The summed E-state index contributed by atoms with van der Waals surface area (Å²) in [6.07, 6.45) is 20.3. The normalized spacial score (nSPS) is 39.5. The van der Waals surface area contributed by atoms with Crippen LogP contribution in [0.15, 0.2) is 23.5 Å². The maximum Gasteiger partial charge on any atom is 0.306 e. The largest absolute Gasteiger partial charge is 0.462 e. The summed E-state index contributed by atoms with van der Waals surface area (Å²) in [6, 6.07) is 0. The first-order valence-corrected chi connectivity index (χ1v) is 15.8. The molecular formula is C33H54N2O2. The highest BCUT2D eigenvalue weighted by molar-refractivity contribution is 5.70. The molecule has 5 aliphatic rings. The Hall–Kier alpha value is -1.45. The summed E-state index contributed by atoms with van der Waals surface area (Å²) in [5.74, 6) is 5.18. The second-order valence-electron chi connectivity index (χ2n) is 14.4. The third kappa shape index (κ3) is 5.37. The van der Waals surface area contributed by atoms with Gasteiger partial charge in [-0.3, -0.25) is 4.79 Å². The molecule has 0 aromatic carbocycles. The average Bonchev–Trinajstić information content (AvgIpc) is 3.50. The van der Waals surface area contributed by atoms with Crippen molar-refractivity contribution in [3.63, 3.8) is 0 Å². The summed E-state index contributed by atoms with van der Waals surface area (Å²) in [4.78, 5) is 12.6. The number of rotatable bonds is 9. The van der Waals surface area contributed by atoms with Crippen LogP contribution in [0.2, 0.25) is 0 Å². The summed E-state index contributed by atoms with van der Waals surface area (Å²) in [7, 11) is 0. The lowest BCUT2D eigenvalue weighted by atomic mass is 9.47. The number of carbonyl (C=O) groups excluding carboxylic acids is 1. The zero-order valence-electron chi connectivity index (χ0n) is 24.4. The van der Waals surface area contributed by atoms with Gasteiger partial charge in [0.05, 0.1) is 13.1 Å². The fourth-order valence-corrected chi connectivity index (χ4v) is 9.78. The summed E-state index contributed by atoms with van der Waals surface area (Å²) in [6.45, 7) is 13.3. The zero-order chi connectivity index (χ0) is 26.2. The van der Waals surface area contributed by atoms with Crippen LogP contribution in [0.5, 0.6) is 0 Å². The fraction of sp³-hybridized carbons (Fsp3) is 0.848. The summed E-state index contributed by atoms with van der Waals surface area (Å²) >= 11 is 0. The van der Waals surface area contributed by atoms with Gasteiger partial charge in [0.25, 0.3) is 0 Å². The fourth-order valence-electron chi connectivity index (χ4n) is 9.78. The van der Waals surface area contributed by atoms with Gasteiger partial charge >= 0.3 is 5.97 Å². The molecule has 8 unspecified atom stereocenters. The van der Waals surface area contributed by atoms with E-state index in [1.165, 1.54) is 57.8 Å². The topological polar surface area (TPSA) is 50.4 Å². The smallest absolute Gasteiger partial charge is 0.306 e. The van der Waals surface area contributed by atoms with Crippen molar-refractivity contribution in [2.24, 2.45) is 46.3 Å². The molecule has 208 valence electrons. The Kier molecular flexibility index (Phi) is 8.04. The number of ether oxygens (including phenoxy) is 1. The summed E-state index contributed by atoms with van der Waals surface area (Å²) in [5.41, 5.74) is 3.59. The number of allylic oxidation sites excluding steroid dienone is 2. The van der Waals surface area contributed by atoms with Gasteiger partial charge < -0.3 is 15.4 Å². The predicted molar refractivity (Wildman–Crippen MR) is 151 cm³/mol. The van der Waals surface area contributed by atoms with E-state index < -0.39 is 0 Å². The van der Waals surface area contributed by atoms with Crippen molar-refractivity contribution in [2.75, 3.05) is 6.67 Å². The molecule has 0 bridgehead atoms. The van der Waals surface area contributed by atoms with E-state index in [1.54, 1.807) is 5.57 Å². The molecule has 3 saturated carbocycles. The zero-order valence-corrected chi connectivity index (χ0v) is 24.4. The Balaban J connectivity index is 1.19. The number of fused-ring (bicyclic) bond motifs is 5. The molecule has 0 aromatic rings. The highest BCUT2D eigenvalue weighted by Gasteiger charge is 2.59. The quantitative estimate of drug-likeness (QED) is 0.246. The molecule has 37 heavy (non-hydrogen) atoms. The molecule has 5 rings (SSSR count). The van der Waals surface area contributed by atoms with Gasteiger partial charge in [0.15, 0.2) is 0 Å². The second-order valence-corrected chi connectivity index (χ2v) is 14.4. The lowest BCUT2D eigenvalue weighted by Crippen LogP contribution is -2.51. The van der Waals surface area contributed by atoms with Crippen LogP contribution in [-0.2, 0) is 9.53 Å². The molecule has 0 radical (unpaired) electrons. The van der Waals surface area contributed by atoms with Crippen LogP contribution in [0.4, 0.5) is 0 Å². The van der Waals surface area contributed by atoms with E-state index in [4.69, 9.17) is 4.74 Å². The highest BCUT2D eigenvalue weighted by Crippen LogP contribution is 2.67. The molecule has 8 atom stereocenters. The van der Waals surface area contributed by atoms with Gasteiger partial charge in [-0.1, -0.05) is 65.5 Å². The standard InChI is InChI=1S/C33H54N2O2/c1-22(2)7-6-8-23(3)28-12-13-29-27-11-9-24-19-26(37-31(36)14-10-25-20-34-21-35-25)15-17-32(24,4)30(27)16-18-33(28,29)5/h9,20,22-23,26-30,34-35H,6-8,10-19,21H2,1-5H3. The molecule has 0 spiro atoms. The van der Waals surface area contributed by atoms with Crippen molar-refractivity contribution >= 4 is 5.97 Å². The van der Waals surface area contributed by atoms with Gasteiger partial charge in [-0.25, -0.2) is 0 Å². The Bertz CT molecular complexity index is 893. The van der Waals surface area contributed by atoms with Crippen molar-refractivity contribution in [2.45, 2.75) is 124 Å². The summed E-state index contributed by atoms with van der Waals surface area (Å²) in [5, 5.41) is 6.40. The van der Waals surface area contributed by atoms with Crippen molar-refractivity contribution in [1.82, 2.24) is 10.6 Å². The van der Waals surface area contributed by atoms with Crippen molar-refractivity contribution in [1.29, 1.82) is 0 Å². The molecule has 0 aromatic heterocycles. The first-order valence-electron chi connectivity index (χ1n) is 15.8. The van der Waals surface area contributed by atoms with Gasteiger partial charge in [0.2, 0.25) is 0 Å². The summed E-state index contributed by atoms with van der Waals surface area (Å²) < 4.78 is 6.00. The van der Waals surface area contributed by atoms with E-state index in [1.807, 2.05) is 6.20 Å². The van der Waals surface area contributed by atoms with Crippen LogP contribution in [0.3, 0.4) is 0 Å². The predicted octanol–water partition coefficient (Wildman–Crippen LogP) is 7.71. The van der Waals surface area contributed by atoms with E-state index in [2.05, 4.69) is 51.3 Å². The third-order valence-corrected chi connectivity index (χ3v) is 11.9. The molecular weight excluding hydrogens is 456 g/mol. The highest BCUT2D eigenvalue weighted by atomic mass is 16.5. The molecule has 4 aliphatic carbocycles. The van der Waals surface area contributed by atoms with Crippen LogP contribution in [-0.4, -0.2) is 18.7 Å². The van der Waals surface area contributed by atoms with Gasteiger partial charge in [-0.05, 0) is 97.7 Å².